The topological polar surface area (TPSA) is 75.7 Å². The summed E-state index contributed by atoms with van der Waals surface area (Å²) in [4.78, 5) is 38.7. The minimum atomic E-state index is -0.697. The second-order valence-electron chi connectivity index (χ2n) is 6.78. The van der Waals surface area contributed by atoms with Crippen LogP contribution in [0.4, 0.5) is 11.4 Å². The Bertz CT molecular complexity index is 1310. The number of esters is 1. The van der Waals surface area contributed by atoms with E-state index in [1.807, 2.05) is 0 Å². The van der Waals surface area contributed by atoms with Crippen LogP contribution in [0.1, 0.15) is 10.4 Å². The van der Waals surface area contributed by atoms with Crippen LogP contribution in [-0.2, 0) is 9.59 Å². The number of halogens is 4. The Morgan fingerprint density at radius 3 is 2.15 bits per heavy atom. The van der Waals surface area contributed by atoms with Crippen LogP contribution < -0.4 is 15.0 Å². The highest BCUT2D eigenvalue weighted by Gasteiger charge is 2.39. The van der Waals surface area contributed by atoms with E-state index < -0.39 is 17.8 Å². The van der Waals surface area contributed by atoms with Crippen molar-refractivity contribution in [2.75, 3.05) is 10.2 Å². The van der Waals surface area contributed by atoms with Crippen LogP contribution in [0.15, 0.2) is 81.9 Å². The molecule has 3 aromatic carbocycles. The average molecular weight is 567 g/mol. The van der Waals surface area contributed by atoms with E-state index in [9.17, 15) is 14.4 Å². The second-order valence-corrected chi connectivity index (χ2v) is 8.89. The van der Waals surface area contributed by atoms with Crippen molar-refractivity contribution in [3.63, 3.8) is 0 Å². The van der Waals surface area contributed by atoms with Gasteiger partial charge in [0.25, 0.3) is 11.8 Å². The van der Waals surface area contributed by atoms with Gasteiger partial charge in [-0.1, -0.05) is 50.7 Å². The van der Waals surface area contributed by atoms with Gasteiger partial charge in [0, 0.05) is 10.2 Å². The van der Waals surface area contributed by atoms with Crippen LogP contribution in [0.25, 0.3) is 0 Å². The molecule has 0 aromatic heterocycles. The molecule has 0 unspecified atom stereocenters. The molecular formula is C23H12BrCl3N2O4. The first-order chi connectivity index (χ1) is 15.7. The van der Waals surface area contributed by atoms with E-state index >= 15 is 0 Å². The number of imide groups is 1. The zero-order valence-electron chi connectivity index (χ0n) is 16.4. The molecule has 0 saturated heterocycles. The Hall–Kier alpha value is -2.84. The summed E-state index contributed by atoms with van der Waals surface area (Å²) < 4.78 is 6.19. The van der Waals surface area contributed by atoms with E-state index in [-0.39, 0.29) is 26.5 Å². The van der Waals surface area contributed by atoms with E-state index in [2.05, 4.69) is 21.2 Å². The first kappa shape index (κ1) is 23.3. The minimum absolute atomic E-state index is 0.0991. The molecule has 1 aliphatic rings. The van der Waals surface area contributed by atoms with Crippen molar-refractivity contribution < 1.29 is 19.1 Å². The van der Waals surface area contributed by atoms with Gasteiger partial charge in [0.05, 0.1) is 21.3 Å². The molecule has 1 aliphatic heterocycles. The van der Waals surface area contributed by atoms with Gasteiger partial charge in [-0.15, -0.1) is 0 Å². The Morgan fingerprint density at radius 1 is 0.848 bits per heavy atom. The molecular weight excluding hydrogens is 555 g/mol. The maximum atomic E-state index is 12.9. The first-order valence-electron chi connectivity index (χ1n) is 9.33. The fourth-order valence-electron chi connectivity index (χ4n) is 2.97. The average Bonchev–Trinajstić information content (AvgIpc) is 3.01. The lowest BCUT2D eigenvalue weighted by molar-refractivity contribution is -0.120. The molecule has 3 aromatic rings. The number of benzene rings is 3. The minimum Gasteiger partial charge on any atom is -0.423 e. The number of nitrogens with zero attached hydrogens (tertiary/aromatic N) is 1. The number of anilines is 2. The molecule has 0 atom stereocenters. The SMILES string of the molecule is O=C(Oc1ccc(Br)cc1)c1ccc(NC2=C(Cl)C(=O)N(c3ccc(Cl)c(Cl)c3)C2=O)cc1. The zero-order chi connectivity index (χ0) is 23.7. The predicted molar refractivity (Wildman–Crippen MR) is 131 cm³/mol. The molecule has 2 amide bonds. The van der Waals surface area contributed by atoms with E-state index in [1.165, 1.54) is 30.3 Å². The van der Waals surface area contributed by atoms with Crippen molar-refractivity contribution in [2.24, 2.45) is 0 Å². The van der Waals surface area contributed by atoms with Crippen molar-refractivity contribution in [1.29, 1.82) is 0 Å². The number of hydrogen-bond donors (Lipinski definition) is 1. The molecule has 0 bridgehead atoms. The van der Waals surface area contributed by atoms with Crippen LogP contribution >= 0.6 is 50.7 Å². The summed E-state index contributed by atoms with van der Waals surface area (Å²) >= 11 is 21.4. The molecule has 1 heterocycles. The van der Waals surface area contributed by atoms with Crippen molar-refractivity contribution in [3.05, 3.63) is 97.5 Å². The standard InChI is InChI=1S/C23H12BrCl3N2O4/c24-13-3-8-16(9-4-13)33-23(32)12-1-5-14(6-2-12)28-20-19(27)21(30)29(22(20)31)15-7-10-17(25)18(26)11-15/h1-11,28H. The van der Waals surface area contributed by atoms with Crippen molar-refractivity contribution in [3.8, 4) is 5.75 Å². The van der Waals surface area contributed by atoms with Gasteiger partial charge in [-0.2, -0.15) is 0 Å². The first-order valence-corrected chi connectivity index (χ1v) is 11.3. The Morgan fingerprint density at radius 2 is 1.52 bits per heavy atom. The number of carbonyl (C=O) groups excluding carboxylic acids is 3. The quantitative estimate of drug-likeness (QED) is 0.219. The van der Waals surface area contributed by atoms with Gasteiger partial charge < -0.3 is 10.1 Å². The van der Waals surface area contributed by atoms with Gasteiger partial charge in [-0.3, -0.25) is 9.59 Å². The number of hydrogen-bond acceptors (Lipinski definition) is 5. The third-order valence-electron chi connectivity index (χ3n) is 4.60. The smallest absolute Gasteiger partial charge is 0.343 e. The Kier molecular flexibility index (Phi) is 6.76. The molecule has 0 aliphatic carbocycles. The summed E-state index contributed by atoms with van der Waals surface area (Å²) in [6.07, 6.45) is 0. The molecule has 10 heteroatoms. The summed E-state index contributed by atoms with van der Waals surface area (Å²) in [5.74, 6) is -1.49. The molecule has 0 spiro atoms. The third-order valence-corrected chi connectivity index (χ3v) is 6.22. The second kappa shape index (κ2) is 9.57. The normalized spacial score (nSPS) is 13.5. The molecule has 0 saturated carbocycles. The van der Waals surface area contributed by atoms with Gasteiger partial charge >= 0.3 is 5.97 Å². The molecule has 4 rings (SSSR count). The molecule has 33 heavy (non-hydrogen) atoms. The van der Waals surface area contributed by atoms with Gasteiger partial charge in [-0.25, -0.2) is 9.69 Å². The predicted octanol–water partition coefficient (Wildman–Crippen LogP) is 6.41. The number of amides is 2. The van der Waals surface area contributed by atoms with E-state index in [0.717, 1.165) is 9.37 Å². The fourth-order valence-corrected chi connectivity index (χ4v) is 3.74. The highest BCUT2D eigenvalue weighted by molar-refractivity contribution is 9.10. The summed E-state index contributed by atoms with van der Waals surface area (Å²) in [7, 11) is 0. The van der Waals surface area contributed by atoms with Crippen LogP contribution in [0.5, 0.6) is 5.75 Å². The largest absolute Gasteiger partial charge is 0.423 e. The molecule has 0 radical (unpaired) electrons. The van der Waals surface area contributed by atoms with Gasteiger partial charge in [0.2, 0.25) is 0 Å². The van der Waals surface area contributed by atoms with Gasteiger partial charge in [-0.05, 0) is 66.7 Å². The lowest BCUT2D eigenvalue weighted by Gasteiger charge is -2.15. The number of carbonyl (C=O) groups is 3. The summed E-state index contributed by atoms with van der Waals surface area (Å²) in [6.45, 7) is 0. The maximum Gasteiger partial charge on any atom is 0.343 e. The fraction of sp³-hybridized carbons (Fsp3) is 0. The van der Waals surface area contributed by atoms with Crippen molar-refractivity contribution in [1.82, 2.24) is 0 Å². The Labute approximate surface area is 211 Å². The number of ether oxygens (including phenoxy) is 1. The molecule has 6 nitrogen and oxygen atoms in total. The molecule has 1 N–H and O–H groups in total. The summed E-state index contributed by atoms with van der Waals surface area (Å²) in [5.41, 5.74) is 0.883. The van der Waals surface area contributed by atoms with Gasteiger partial charge in [0.15, 0.2) is 0 Å². The van der Waals surface area contributed by atoms with E-state index in [1.54, 1.807) is 36.4 Å². The van der Waals surface area contributed by atoms with Gasteiger partial charge in [0.1, 0.15) is 16.5 Å². The van der Waals surface area contributed by atoms with Crippen LogP contribution in [0.2, 0.25) is 10.0 Å². The van der Waals surface area contributed by atoms with E-state index in [4.69, 9.17) is 39.5 Å². The lowest BCUT2D eigenvalue weighted by Crippen LogP contribution is -2.32. The summed E-state index contributed by atoms with van der Waals surface area (Å²) in [5, 5.41) is 3.04. The Balaban J connectivity index is 1.48. The van der Waals surface area contributed by atoms with Crippen molar-refractivity contribution >= 4 is 79.9 Å². The highest BCUT2D eigenvalue weighted by atomic mass is 79.9. The van der Waals surface area contributed by atoms with E-state index in [0.29, 0.717) is 17.0 Å². The number of rotatable bonds is 5. The van der Waals surface area contributed by atoms with Crippen molar-refractivity contribution in [2.45, 2.75) is 0 Å². The lowest BCUT2D eigenvalue weighted by atomic mass is 10.2. The molecule has 166 valence electrons. The number of nitrogens with one attached hydrogen (secondary N) is 1. The van der Waals surface area contributed by atoms with Crippen LogP contribution in [-0.4, -0.2) is 17.8 Å². The van der Waals surface area contributed by atoms with Crippen LogP contribution in [0.3, 0.4) is 0 Å². The summed E-state index contributed by atoms with van der Waals surface area (Å²) in [6, 6.07) is 17.4. The zero-order valence-corrected chi connectivity index (χ0v) is 20.3. The highest BCUT2D eigenvalue weighted by Crippen LogP contribution is 2.33. The third kappa shape index (κ3) is 4.91. The maximum absolute atomic E-state index is 12.9. The monoisotopic (exact) mass is 564 g/mol. The molecule has 0 fully saturated rings. The van der Waals surface area contributed by atoms with Crippen LogP contribution in [0, 0.1) is 0 Å².